The van der Waals surface area contributed by atoms with Gasteiger partial charge >= 0.3 is 0 Å². The third kappa shape index (κ3) is 2.95. The number of hydrogen-bond acceptors (Lipinski definition) is 5. The summed E-state index contributed by atoms with van der Waals surface area (Å²) in [4.78, 5) is 0.142. The molecule has 0 bridgehead atoms. The summed E-state index contributed by atoms with van der Waals surface area (Å²) in [5.74, 6) is 0. The van der Waals surface area contributed by atoms with Gasteiger partial charge in [-0.2, -0.15) is 0 Å². The van der Waals surface area contributed by atoms with Crippen LogP contribution in [-0.4, -0.2) is 18.7 Å². The van der Waals surface area contributed by atoms with Gasteiger partial charge in [0, 0.05) is 6.07 Å². The largest absolute Gasteiger partial charge is 0.392 e. The van der Waals surface area contributed by atoms with Crippen LogP contribution in [0.2, 0.25) is 0 Å². The standard InChI is InChI=1S/C11H12N2O4S/c14-8-9-1-3-11(4-2-9)18(15,16)12-7-10-5-6-17-13-10/h1-6,12,14H,7-8H2. The lowest BCUT2D eigenvalue weighted by Crippen LogP contribution is -2.23. The molecule has 0 saturated heterocycles. The highest BCUT2D eigenvalue weighted by molar-refractivity contribution is 7.89. The van der Waals surface area contributed by atoms with E-state index in [0.29, 0.717) is 11.3 Å². The molecule has 2 rings (SSSR count). The molecule has 0 saturated carbocycles. The first kappa shape index (κ1) is 12.7. The second kappa shape index (κ2) is 5.30. The van der Waals surface area contributed by atoms with E-state index in [0.717, 1.165) is 0 Å². The monoisotopic (exact) mass is 268 g/mol. The van der Waals surface area contributed by atoms with Crippen LogP contribution in [0.3, 0.4) is 0 Å². The van der Waals surface area contributed by atoms with Crippen molar-refractivity contribution >= 4 is 10.0 Å². The average Bonchev–Trinajstić information content (AvgIpc) is 2.90. The Morgan fingerprint density at radius 2 is 1.94 bits per heavy atom. The van der Waals surface area contributed by atoms with Gasteiger partial charge in [0.2, 0.25) is 10.0 Å². The topological polar surface area (TPSA) is 92.4 Å². The lowest BCUT2D eigenvalue weighted by molar-refractivity contribution is 0.282. The van der Waals surface area contributed by atoms with E-state index in [4.69, 9.17) is 5.11 Å². The number of aliphatic hydroxyl groups excluding tert-OH is 1. The van der Waals surface area contributed by atoms with Gasteiger partial charge in [-0.05, 0) is 17.7 Å². The summed E-state index contributed by atoms with van der Waals surface area (Å²) in [6.45, 7) is -0.0483. The van der Waals surface area contributed by atoms with Crippen LogP contribution >= 0.6 is 0 Å². The Balaban J connectivity index is 2.09. The van der Waals surface area contributed by atoms with Crippen molar-refractivity contribution in [2.75, 3.05) is 0 Å². The number of aliphatic hydroxyl groups is 1. The molecular weight excluding hydrogens is 256 g/mol. The van der Waals surface area contributed by atoms with Crippen LogP contribution in [0.15, 0.2) is 46.0 Å². The first-order valence-corrected chi connectivity index (χ1v) is 6.69. The summed E-state index contributed by atoms with van der Waals surface area (Å²) in [5, 5.41) is 12.5. The minimum absolute atomic E-state index is 0.0700. The first-order valence-electron chi connectivity index (χ1n) is 5.20. The number of nitrogens with one attached hydrogen (secondary N) is 1. The summed E-state index contributed by atoms with van der Waals surface area (Å²) in [6, 6.07) is 7.58. The quantitative estimate of drug-likeness (QED) is 0.830. The predicted molar refractivity (Wildman–Crippen MR) is 62.9 cm³/mol. The molecule has 0 aliphatic heterocycles. The van der Waals surface area contributed by atoms with Crippen molar-refractivity contribution in [3.63, 3.8) is 0 Å². The van der Waals surface area contributed by atoms with Gasteiger partial charge in [-0.25, -0.2) is 13.1 Å². The van der Waals surface area contributed by atoms with Crippen LogP contribution in [0.4, 0.5) is 0 Å². The minimum atomic E-state index is -3.57. The summed E-state index contributed by atoms with van der Waals surface area (Å²) in [5.41, 5.74) is 1.16. The molecule has 6 nitrogen and oxygen atoms in total. The zero-order valence-electron chi connectivity index (χ0n) is 9.41. The molecule has 96 valence electrons. The van der Waals surface area contributed by atoms with Crippen LogP contribution in [0.5, 0.6) is 0 Å². The number of benzene rings is 1. The summed E-state index contributed by atoms with van der Waals surface area (Å²) < 4.78 is 30.8. The van der Waals surface area contributed by atoms with Crippen LogP contribution in [0.25, 0.3) is 0 Å². The van der Waals surface area contributed by atoms with Gasteiger partial charge in [0.25, 0.3) is 0 Å². The molecule has 1 heterocycles. The maximum Gasteiger partial charge on any atom is 0.240 e. The normalized spacial score (nSPS) is 11.6. The third-order valence-corrected chi connectivity index (χ3v) is 3.77. The first-order chi connectivity index (χ1) is 8.62. The second-order valence-electron chi connectivity index (χ2n) is 3.62. The molecule has 0 radical (unpaired) electrons. The van der Waals surface area contributed by atoms with Crippen LogP contribution in [0, 0.1) is 0 Å². The minimum Gasteiger partial charge on any atom is -0.392 e. The van der Waals surface area contributed by atoms with Crippen molar-refractivity contribution in [2.45, 2.75) is 18.0 Å². The molecule has 7 heteroatoms. The number of aromatic nitrogens is 1. The molecule has 2 aromatic rings. The second-order valence-corrected chi connectivity index (χ2v) is 5.38. The van der Waals surface area contributed by atoms with Gasteiger partial charge in [0.15, 0.2) is 0 Å². The Hall–Kier alpha value is -1.70. The molecule has 0 fully saturated rings. The molecule has 2 N–H and O–H groups in total. The van der Waals surface area contributed by atoms with E-state index in [2.05, 4.69) is 14.4 Å². The lowest BCUT2D eigenvalue weighted by Gasteiger charge is -2.05. The van der Waals surface area contributed by atoms with Gasteiger partial charge in [0.05, 0.1) is 23.7 Å². The molecule has 18 heavy (non-hydrogen) atoms. The molecular formula is C11H12N2O4S. The summed E-state index contributed by atoms with van der Waals surface area (Å²) in [6.07, 6.45) is 1.37. The molecule has 0 aliphatic rings. The Morgan fingerprint density at radius 1 is 1.22 bits per heavy atom. The van der Waals surface area contributed by atoms with Crippen molar-refractivity contribution in [1.29, 1.82) is 0 Å². The van der Waals surface area contributed by atoms with E-state index >= 15 is 0 Å². The fraction of sp³-hybridized carbons (Fsp3) is 0.182. The van der Waals surface area contributed by atoms with Gasteiger partial charge in [0.1, 0.15) is 6.26 Å². The van der Waals surface area contributed by atoms with Gasteiger partial charge < -0.3 is 9.63 Å². The number of sulfonamides is 1. The zero-order chi connectivity index (χ0) is 13.0. The highest BCUT2D eigenvalue weighted by atomic mass is 32.2. The van der Waals surface area contributed by atoms with E-state index < -0.39 is 10.0 Å². The zero-order valence-corrected chi connectivity index (χ0v) is 10.2. The van der Waals surface area contributed by atoms with Crippen molar-refractivity contribution in [3.8, 4) is 0 Å². The maximum atomic E-state index is 11.9. The fourth-order valence-corrected chi connectivity index (χ4v) is 2.35. The van der Waals surface area contributed by atoms with E-state index in [1.165, 1.54) is 18.4 Å². The third-order valence-electron chi connectivity index (χ3n) is 2.35. The van der Waals surface area contributed by atoms with Crippen LogP contribution < -0.4 is 4.72 Å². The van der Waals surface area contributed by atoms with Crippen molar-refractivity contribution in [3.05, 3.63) is 47.9 Å². The Kier molecular flexibility index (Phi) is 3.75. The Bertz CT molecular complexity index is 590. The number of rotatable bonds is 5. The van der Waals surface area contributed by atoms with Crippen LogP contribution in [-0.2, 0) is 23.2 Å². The smallest absolute Gasteiger partial charge is 0.240 e. The molecule has 0 spiro atoms. The van der Waals surface area contributed by atoms with Gasteiger partial charge in [-0.1, -0.05) is 17.3 Å². The van der Waals surface area contributed by atoms with E-state index in [1.807, 2.05) is 0 Å². The lowest BCUT2D eigenvalue weighted by atomic mass is 10.2. The average molecular weight is 268 g/mol. The number of hydrogen-bond donors (Lipinski definition) is 2. The fourth-order valence-electron chi connectivity index (χ4n) is 1.36. The molecule has 1 aromatic carbocycles. The molecule has 0 unspecified atom stereocenters. The van der Waals surface area contributed by atoms with Crippen molar-refractivity contribution in [1.82, 2.24) is 9.88 Å². The molecule has 0 atom stereocenters. The highest BCUT2D eigenvalue weighted by Crippen LogP contribution is 2.11. The van der Waals surface area contributed by atoms with E-state index in [-0.39, 0.29) is 18.0 Å². The summed E-state index contributed by atoms with van der Waals surface area (Å²) in [7, 11) is -3.57. The number of nitrogens with zero attached hydrogens (tertiary/aromatic N) is 1. The van der Waals surface area contributed by atoms with Crippen molar-refractivity contribution < 1.29 is 18.0 Å². The van der Waals surface area contributed by atoms with Gasteiger partial charge in [-0.15, -0.1) is 0 Å². The highest BCUT2D eigenvalue weighted by Gasteiger charge is 2.13. The predicted octanol–water partition coefficient (Wildman–Crippen LogP) is 0.645. The Labute approximate surface area is 104 Å². The summed E-state index contributed by atoms with van der Waals surface area (Å²) >= 11 is 0. The SMILES string of the molecule is O=S(=O)(NCc1ccon1)c1ccc(CO)cc1. The molecule has 0 aliphatic carbocycles. The molecule has 0 amide bonds. The maximum absolute atomic E-state index is 11.9. The van der Waals surface area contributed by atoms with E-state index in [1.54, 1.807) is 18.2 Å². The van der Waals surface area contributed by atoms with E-state index in [9.17, 15) is 8.42 Å². The van der Waals surface area contributed by atoms with Gasteiger partial charge in [-0.3, -0.25) is 0 Å². The van der Waals surface area contributed by atoms with Crippen molar-refractivity contribution in [2.24, 2.45) is 0 Å². The van der Waals surface area contributed by atoms with Crippen LogP contribution in [0.1, 0.15) is 11.3 Å². The Morgan fingerprint density at radius 3 is 2.50 bits per heavy atom. The molecule has 1 aromatic heterocycles.